The zero-order chi connectivity index (χ0) is 15.8. The molecule has 1 aliphatic heterocycles. The number of pyridine rings is 1. The van der Waals surface area contributed by atoms with Crippen molar-refractivity contribution >= 4 is 21.4 Å². The number of amides is 1. The molecular weight excluding hydrogens is 302 g/mol. The number of fused-ring (bicyclic) bond motifs is 1. The van der Waals surface area contributed by atoms with E-state index in [1.807, 2.05) is 0 Å². The van der Waals surface area contributed by atoms with Crippen molar-refractivity contribution < 1.29 is 13.2 Å². The lowest BCUT2D eigenvalue weighted by Crippen LogP contribution is -2.44. The molecule has 0 unspecified atom stereocenters. The van der Waals surface area contributed by atoms with Gasteiger partial charge in [0.05, 0.1) is 17.3 Å². The molecule has 2 atom stereocenters. The third-order valence-electron chi connectivity index (χ3n) is 4.86. The van der Waals surface area contributed by atoms with Crippen LogP contribution in [-0.4, -0.2) is 38.7 Å². The van der Waals surface area contributed by atoms with E-state index in [0.29, 0.717) is 11.6 Å². The fourth-order valence-corrected chi connectivity index (χ4v) is 4.18. The second-order valence-electron chi connectivity index (χ2n) is 6.34. The van der Waals surface area contributed by atoms with Crippen molar-refractivity contribution in [3.63, 3.8) is 0 Å². The predicted molar refractivity (Wildman–Crippen MR) is 83.2 cm³/mol. The number of nitrogens with zero attached hydrogens (tertiary/aromatic N) is 1. The lowest BCUT2D eigenvalue weighted by molar-refractivity contribution is -0.128. The van der Waals surface area contributed by atoms with E-state index in [1.165, 1.54) is 18.7 Å². The molecule has 120 valence electrons. The summed E-state index contributed by atoms with van der Waals surface area (Å²) in [6.07, 6.45) is 6.79. The van der Waals surface area contributed by atoms with Crippen LogP contribution in [-0.2, 0) is 14.6 Å². The van der Waals surface area contributed by atoms with Gasteiger partial charge in [-0.2, -0.15) is 0 Å². The van der Waals surface area contributed by atoms with Crippen LogP contribution in [0.25, 0.3) is 0 Å². The van der Waals surface area contributed by atoms with Crippen LogP contribution in [0, 0.1) is 11.3 Å². The van der Waals surface area contributed by atoms with E-state index >= 15 is 0 Å². The Morgan fingerprint density at radius 2 is 2.23 bits per heavy atom. The van der Waals surface area contributed by atoms with Crippen molar-refractivity contribution in [3.05, 3.63) is 18.3 Å². The molecule has 1 saturated heterocycles. The van der Waals surface area contributed by atoms with E-state index in [4.69, 9.17) is 0 Å². The van der Waals surface area contributed by atoms with Gasteiger partial charge in [0.2, 0.25) is 5.91 Å². The molecule has 2 N–H and O–H groups in total. The van der Waals surface area contributed by atoms with Gasteiger partial charge in [0.15, 0.2) is 14.9 Å². The molecule has 6 nitrogen and oxygen atoms in total. The maximum Gasteiger partial charge on any atom is 0.232 e. The highest BCUT2D eigenvalue weighted by Crippen LogP contribution is 2.44. The maximum atomic E-state index is 12.8. The van der Waals surface area contributed by atoms with Gasteiger partial charge in [-0.05, 0) is 37.4 Å². The van der Waals surface area contributed by atoms with Crippen LogP contribution in [0.2, 0.25) is 0 Å². The second kappa shape index (κ2) is 5.62. The highest BCUT2D eigenvalue weighted by Gasteiger charge is 2.49. The fraction of sp³-hybridized carbons (Fsp3) is 0.600. The summed E-state index contributed by atoms with van der Waals surface area (Å²) in [4.78, 5) is 16.7. The Bertz CT molecular complexity index is 672. The summed E-state index contributed by atoms with van der Waals surface area (Å²) in [5.74, 6) is 0.417. The molecule has 2 fully saturated rings. The Kier molecular flexibility index (Phi) is 3.94. The number of sulfone groups is 1. The number of nitrogens with one attached hydrogen (secondary N) is 2. The van der Waals surface area contributed by atoms with Crippen molar-refractivity contribution in [2.45, 2.75) is 30.7 Å². The Morgan fingerprint density at radius 3 is 2.91 bits per heavy atom. The highest BCUT2D eigenvalue weighted by molar-refractivity contribution is 7.90. The van der Waals surface area contributed by atoms with E-state index in [-0.39, 0.29) is 16.3 Å². The lowest BCUT2D eigenvalue weighted by atomic mass is 9.67. The summed E-state index contributed by atoms with van der Waals surface area (Å²) in [6, 6.07) is 3.02. The van der Waals surface area contributed by atoms with E-state index in [0.717, 1.165) is 38.6 Å². The van der Waals surface area contributed by atoms with Crippen LogP contribution < -0.4 is 10.6 Å². The van der Waals surface area contributed by atoms with Crippen molar-refractivity contribution in [3.8, 4) is 0 Å². The summed E-state index contributed by atoms with van der Waals surface area (Å²) >= 11 is 0. The number of anilines is 1. The topological polar surface area (TPSA) is 88.2 Å². The van der Waals surface area contributed by atoms with Crippen LogP contribution >= 0.6 is 0 Å². The van der Waals surface area contributed by atoms with Gasteiger partial charge in [0.1, 0.15) is 0 Å². The molecular formula is C15H21N3O3S. The molecule has 0 spiro atoms. The van der Waals surface area contributed by atoms with Crippen LogP contribution in [0.1, 0.15) is 25.7 Å². The first-order valence-corrected chi connectivity index (χ1v) is 9.49. The van der Waals surface area contributed by atoms with E-state index < -0.39 is 9.84 Å². The molecule has 2 heterocycles. The molecule has 1 aliphatic carbocycles. The van der Waals surface area contributed by atoms with Crippen LogP contribution in [0.5, 0.6) is 0 Å². The molecule has 3 rings (SSSR count). The Labute approximate surface area is 130 Å². The average Bonchev–Trinajstić information content (AvgIpc) is 2.92. The summed E-state index contributed by atoms with van der Waals surface area (Å²) in [6.45, 7) is 1.62. The summed E-state index contributed by atoms with van der Waals surface area (Å²) in [7, 11) is -3.32. The molecule has 1 saturated carbocycles. The van der Waals surface area contributed by atoms with Gasteiger partial charge in [-0.1, -0.05) is 12.8 Å². The zero-order valence-electron chi connectivity index (χ0n) is 12.6. The van der Waals surface area contributed by atoms with E-state index in [1.54, 1.807) is 6.07 Å². The normalized spacial score (nSPS) is 28.1. The minimum atomic E-state index is -3.32. The van der Waals surface area contributed by atoms with Crippen molar-refractivity contribution in [2.24, 2.45) is 11.3 Å². The first-order chi connectivity index (χ1) is 10.4. The Morgan fingerprint density at radius 1 is 1.41 bits per heavy atom. The average molecular weight is 323 g/mol. The standard InChI is InChI=1S/C15H21N3O3S/c1-22(20,21)13-6-5-12(9-17-13)18-14(19)15-7-3-2-4-11(15)8-16-10-15/h5-6,9,11,16H,2-4,7-8,10H2,1H3,(H,18,19)/t11-,15+/m0/s1. The minimum absolute atomic E-state index is 0.0155. The summed E-state index contributed by atoms with van der Waals surface area (Å²) in [5, 5.41) is 6.28. The predicted octanol–water partition coefficient (Wildman–Crippen LogP) is 1.20. The minimum Gasteiger partial charge on any atom is -0.324 e. The number of hydrogen-bond donors (Lipinski definition) is 2. The smallest absolute Gasteiger partial charge is 0.232 e. The van der Waals surface area contributed by atoms with Crippen LogP contribution in [0.4, 0.5) is 5.69 Å². The molecule has 1 aromatic rings. The lowest BCUT2D eigenvalue weighted by Gasteiger charge is -2.37. The first kappa shape index (κ1) is 15.4. The largest absolute Gasteiger partial charge is 0.324 e. The van der Waals surface area contributed by atoms with Crippen molar-refractivity contribution in [2.75, 3.05) is 24.7 Å². The number of hydrogen-bond acceptors (Lipinski definition) is 5. The van der Waals surface area contributed by atoms with Gasteiger partial charge in [0, 0.05) is 12.8 Å². The van der Waals surface area contributed by atoms with Gasteiger partial charge in [0.25, 0.3) is 0 Å². The van der Waals surface area contributed by atoms with Gasteiger partial charge in [-0.3, -0.25) is 4.79 Å². The molecule has 2 aliphatic rings. The zero-order valence-corrected chi connectivity index (χ0v) is 13.4. The Balaban J connectivity index is 1.76. The summed E-state index contributed by atoms with van der Waals surface area (Å²) in [5.41, 5.74) is 0.219. The number of aromatic nitrogens is 1. The van der Waals surface area contributed by atoms with Gasteiger partial charge in [-0.15, -0.1) is 0 Å². The maximum absolute atomic E-state index is 12.8. The number of rotatable bonds is 3. The molecule has 1 aromatic heterocycles. The van der Waals surface area contributed by atoms with Crippen LogP contribution in [0.3, 0.4) is 0 Å². The fourth-order valence-electron chi connectivity index (χ4n) is 3.62. The highest BCUT2D eigenvalue weighted by atomic mass is 32.2. The molecule has 0 aromatic carbocycles. The molecule has 7 heteroatoms. The molecule has 0 radical (unpaired) electrons. The third kappa shape index (κ3) is 2.75. The van der Waals surface area contributed by atoms with Crippen molar-refractivity contribution in [1.82, 2.24) is 10.3 Å². The number of carbonyl (C=O) groups excluding carboxylic acids is 1. The first-order valence-electron chi connectivity index (χ1n) is 7.60. The van der Waals surface area contributed by atoms with Crippen molar-refractivity contribution in [1.29, 1.82) is 0 Å². The molecule has 1 amide bonds. The van der Waals surface area contributed by atoms with E-state index in [9.17, 15) is 13.2 Å². The van der Waals surface area contributed by atoms with Gasteiger partial charge >= 0.3 is 0 Å². The van der Waals surface area contributed by atoms with Gasteiger partial charge < -0.3 is 10.6 Å². The Hall–Kier alpha value is -1.47. The van der Waals surface area contributed by atoms with E-state index in [2.05, 4.69) is 15.6 Å². The molecule has 22 heavy (non-hydrogen) atoms. The molecule has 0 bridgehead atoms. The second-order valence-corrected chi connectivity index (χ2v) is 8.30. The quantitative estimate of drug-likeness (QED) is 0.873. The number of carbonyl (C=O) groups is 1. The SMILES string of the molecule is CS(=O)(=O)c1ccc(NC(=O)[C@@]23CCCC[C@H]2CNC3)cn1. The van der Waals surface area contributed by atoms with Crippen LogP contribution in [0.15, 0.2) is 23.4 Å². The third-order valence-corrected chi connectivity index (χ3v) is 5.87. The summed E-state index contributed by atoms with van der Waals surface area (Å²) < 4.78 is 22.8. The van der Waals surface area contributed by atoms with Gasteiger partial charge in [-0.25, -0.2) is 13.4 Å². The monoisotopic (exact) mass is 323 g/mol.